The molecule has 0 amide bonds. The fraction of sp³-hybridized carbons (Fsp3) is 0.956. The van der Waals surface area contributed by atoms with Gasteiger partial charge < -0.3 is 33.8 Å². The first-order chi connectivity index (χ1) is 53.2. The van der Waals surface area contributed by atoms with Gasteiger partial charge in [0.2, 0.25) is 0 Å². The van der Waals surface area contributed by atoms with Crippen molar-refractivity contribution in [2.45, 2.75) is 497 Å². The summed E-state index contributed by atoms with van der Waals surface area (Å²) in [7, 11) is -9.94. The highest BCUT2D eigenvalue weighted by atomic mass is 31.2. The molecule has 0 aliphatic carbocycles. The molecule has 3 N–H and O–H groups in total. The van der Waals surface area contributed by atoms with Gasteiger partial charge in [0.15, 0.2) is 12.2 Å². The molecule has 0 radical (unpaired) electrons. The minimum Gasteiger partial charge on any atom is -0.462 e. The number of hydrogen-bond acceptors (Lipinski definition) is 15. The number of carbonyl (C=O) groups is 4. The minimum atomic E-state index is -4.97. The van der Waals surface area contributed by atoms with Gasteiger partial charge in [0.1, 0.15) is 19.3 Å². The van der Waals surface area contributed by atoms with Crippen LogP contribution in [-0.2, 0) is 65.4 Å². The monoisotopic (exact) mass is 1610 g/mol. The molecule has 7 atom stereocenters. The Labute approximate surface area is 677 Å². The van der Waals surface area contributed by atoms with Gasteiger partial charge in [-0.1, -0.05) is 428 Å². The third kappa shape index (κ3) is 81.2. The van der Waals surface area contributed by atoms with Gasteiger partial charge in [0, 0.05) is 25.7 Å². The van der Waals surface area contributed by atoms with E-state index in [1.165, 1.54) is 276 Å². The number of carbonyl (C=O) groups excluding carboxylic acids is 4. The summed E-state index contributed by atoms with van der Waals surface area (Å²) in [5.74, 6) is 1.12. The number of aliphatic hydroxyl groups excluding tert-OH is 1. The highest BCUT2D eigenvalue weighted by molar-refractivity contribution is 7.47. The summed E-state index contributed by atoms with van der Waals surface area (Å²) < 4.78 is 69.0. The van der Waals surface area contributed by atoms with Crippen LogP contribution >= 0.6 is 15.6 Å². The molecular formula is C91H178O17P2. The molecule has 0 heterocycles. The Bertz CT molecular complexity index is 2130. The largest absolute Gasteiger partial charge is 0.472 e. The van der Waals surface area contributed by atoms with Crippen molar-refractivity contribution in [2.75, 3.05) is 39.6 Å². The lowest BCUT2D eigenvalue weighted by molar-refractivity contribution is -0.161. The molecule has 0 saturated carbocycles. The molecule has 0 aliphatic rings. The first-order valence-corrected chi connectivity index (χ1v) is 49.8. The van der Waals surface area contributed by atoms with Gasteiger partial charge in [-0.3, -0.25) is 37.3 Å². The average Bonchev–Trinajstić information content (AvgIpc) is 0.899. The second kappa shape index (κ2) is 79.5. The molecule has 0 aromatic heterocycles. The summed E-state index contributed by atoms with van der Waals surface area (Å²) in [5.41, 5.74) is 0. The Hall–Kier alpha value is -1.94. The summed E-state index contributed by atoms with van der Waals surface area (Å²) in [4.78, 5) is 73.4. The van der Waals surface area contributed by atoms with Crippen molar-refractivity contribution >= 4 is 39.5 Å². The molecule has 19 heteroatoms. The van der Waals surface area contributed by atoms with Crippen LogP contribution in [0.2, 0.25) is 0 Å². The zero-order valence-corrected chi connectivity index (χ0v) is 74.7. The zero-order chi connectivity index (χ0) is 80.9. The van der Waals surface area contributed by atoms with Crippen molar-refractivity contribution in [3.63, 3.8) is 0 Å². The standard InChI is InChI=1S/C91H178O17P2/c1-9-83(7)69-61-53-45-39-33-27-23-24-30-36-42-48-58-66-74-91(96)108-87(78-102-89(94)72-64-56-50-49-54-62-70-84(8)10-2)80-106-110(99,100)104-76-85(92)75-103-109(97,98)105-79-86(107-90(95)73-65-57-47-41-35-29-22-18-14-12-16-20-26-32-38-44-52-60-68-82(5)6)77-101-88(93)71-63-55-46-40-34-28-21-17-13-11-15-19-25-31-37-43-51-59-67-81(3)4/h81-87,92H,9-80H2,1-8H3,(H,97,98)(H,99,100)/t83?,84?,85-,86-,87-/m1/s1. The van der Waals surface area contributed by atoms with E-state index in [2.05, 4.69) is 55.4 Å². The molecular weight excluding hydrogens is 1430 g/mol. The zero-order valence-electron chi connectivity index (χ0n) is 72.9. The molecule has 4 unspecified atom stereocenters. The Morgan fingerprint density at radius 1 is 0.255 bits per heavy atom. The second-order valence-electron chi connectivity index (χ2n) is 34.1. The molecule has 0 bridgehead atoms. The molecule has 0 aliphatic heterocycles. The van der Waals surface area contributed by atoms with E-state index in [0.29, 0.717) is 25.7 Å². The molecule has 17 nitrogen and oxygen atoms in total. The van der Waals surface area contributed by atoms with Crippen LogP contribution in [0.1, 0.15) is 479 Å². The fourth-order valence-electron chi connectivity index (χ4n) is 14.1. The second-order valence-corrected chi connectivity index (χ2v) is 37.0. The van der Waals surface area contributed by atoms with E-state index in [1.54, 1.807) is 0 Å². The Morgan fingerprint density at radius 2 is 0.436 bits per heavy atom. The van der Waals surface area contributed by atoms with Crippen molar-refractivity contribution in [1.82, 2.24) is 0 Å². The quantitative estimate of drug-likeness (QED) is 0.0222. The van der Waals surface area contributed by atoms with E-state index in [4.69, 9.17) is 37.0 Å². The fourth-order valence-corrected chi connectivity index (χ4v) is 15.7. The van der Waals surface area contributed by atoms with Crippen LogP contribution in [-0.4, -0.2) is 96.7 Å². The number of phosphoric acid groups is 2. The van der Waals surface area contributed by atoms with Gasteiger partial charge in [-0.25, -0.2) is 9.13 Å². The number of phosphoric ester groups is 2. The molecule has 0 aromatic rings. The molecule has 110 heavy (non-hydrogen) atoms. The maximum atomic E-state index is 13.2. The predicted molar refractivity (Wildman–Crippen MR) is 455 cm³/mol. The van der Waals surface area contributed by atoms with Gasteiger partial charge >= 0.3 is 39.5 Å². The molecule has 654 valence electrons. The highest BCUT2D eigenvalue weighted by Crippen LogP contribution is 2.45. The van der Waals surface area contributed by atoms with Gasteiger partial charge in [0.25, 0.3) is 0 Å². The maximum Gasteiger partial charge on any atom is 0.472 e. The van der Waals surface area contributed by atoms with Crippen molar-refractivity contribution in [3.05, 3.63) is 0 Å². The van der Waals surface area contributed by atoms with Crippen molar-refractivity contribution in [3.8, 4) is 0 Å². The van der Waals surface area contributed by atoms with Gasteiger partial charge in [0.05, 0.1) is 26.4 Å². The lowest BCUT2D eigenvalue weighted by Crippen LogP contribution is -2.30. The van der Waals surface area contributed by atoms with Crippen LogP contribution < -0.4 is 0 Å². The maximum absolute atomic E-state index is 13.2. The van der Waals surface area contributed by atoms with Gasteiger partial charge in [-0.05, 0) is 49.4 Å². The summed E-state index contributed by atoms with van der Waals surface area (Å²) in [5, 5.41) is 10.7. The van der Waals surface area contributed by atoms with Gasteiger partial charge in [-0.15, -0.1) is 0 Å². The average molecular weight is 1610 g/mol. The van der Waals surface area contributed by atoms with Crippen LogP contribution in [0.3, 0.4) is 0 Å². The number of esters is 4. The van der Waals surface area contributed by atoms with Crippen LogP contribution in [0.25, 0.3) is 0 Å². The number of rotatable bonds is 88. The Morgan fingerprint density at radius 3 is 0.645 bits per heavy atom. The summed E-state index contributed by atoms with van der Waals surface area (Å²) in [6, 6.07) is 0. The van der Waals surface area contributed by atoms with E-state index in [0.717, 1.165) is 120 Å². The Kier molecular flexibility index (Phi) is 78.1. The van der Waals surface area contributed by atoms with E-state index in [9.17, 15) is 43.2 Å². The van der Waals surface area contributed by atoms with Gasteiger partial charge in [-0.2, -0.15) is 0 Å². The van der Waals surface area contributed by atoms with Crippen LogP contribution in [0.4, 0.5) is 0 Å². The van der Waals surface area contributed by atoms with Crippen molar-refractivity contribution in [2.24, 2.45) is 23.7 Å². The summed E-state index contributed by atoms with van der Waals surface area (Å²) in [6.45, 7) is 14.4. The topological polar surface area (TPSA) is 237 Å². The number of aliphatic hydroxyl groups is 1. The molecule has 0 rings (SSSR count). The van der Waals surface area contributed by atoms with Crippen molar-refractivity contribution < 1.29 is 80.2 Å². The summed E-state index contributed by atoms with van der Waals surface area (Å²) in [6.07, 6.45) is 70.9. The third-order valence-electron chi connectivity index (χ3n) is 22.0. The molecule has 0 aromatic carbocycles. The third-order valence-corrected chi connectivity index (χ3v) is 23.9. The lowest BCUT2D eigenvalue weighted by atomic mass is 9.99. The highest BCUT2D eigenvalue weighted by Gasteiger charge is 2.31. The number of ether oxygens (including phenoxy) is 4. The lowest BCUT2D eigenvalue weighted by Gasteiger charge is -2.21. The predicted octanol–water partition coefficient (Wildman–Crippen LogP) is 27.9. The van der Waals surface area contributed by atoms with Crippen molar-refractivity contribution in [1.29, 1.82) is 0 Å². The first-order valence-electron chi connectivity index (χ1n) is 46.8. The molecule has 0 fully saturated rings. The summed E-state index contributed by atoms with van der Waals surface area (Å²) >= 11 is 0. The number of hydrogen-bond donors (Lipinski definition) is 3. The normalized spacial score (nSPS) is 14.3. The van der Waals surface area contributed by atoms with Crippen LogP contribution in [0, 0.1) is 23.7 Å². The number of unbranched alkanes of at least 4 members (excludes halogenated alkanes) is 52. The van der Waals surface area contributed by atoms with E-state index >= 15 is 0 Å². The minimum absolute atomic E-state index is 0.107. The van der Waals surface area contributed by atoms with Crippen LogP contribution in [0.15, 0.2) is 0 Å². The molecule has 0 spiro atoms. The SMILES string of the molecule is CCC(C)CCCCCCCCCCCCCCCCC(=O)O[C@H](COC(=O)CCCCCCCCC(C)CC)COP(=O)(O)OC[C@H](O)COP(=O)(O)OC[C@@H](COC(=O)CCCCCCCCCCCCCCCCCCCCC(C)C)OC(=O)CCCCCCCCCCCCCCCCCCCCC(C)C. The Balaban J connectivity index is 5.23. The molecule has 0 saturated heterocycles. The first kappa shape index (κ1) is 108. The smallest absolute Gasteiger partial charge is 0.462 e. The van der Waals surface area contributed by atoms with Crippen LogP contribution in [0.5, 0.6) is 0 Å². The van der Waals surface area contributed by atoms with E-state index in [-0.39, 0.29) is 25.7 Å². The van der Waals surface area contributed by atoms with E-state index < -0.39 is 97.5 Å². The van der Waals surface area contributed by atoms with E-state index in [1.807, 2.05) is 0 Å².